The summed E-state index contributed by atoms with van der Waals surface area (Å²) in [7, 11) is 0. The van der Waals surface area contributed by atoms with E-state index in [1.54, 1.807) is 6.92 Å². The highest BCUT2D eigenvalue weighted by Crippen LogP contribution is 2.26. The summed E-state index contributed by atoms with van der Waals surface area (Å²) in [5.41, 5.74) is -0.224. The lowest BCUT2D eigenvalue weighted by atomic mass is 10.1. The van der Waals surface area contributed by atoms with Crippen LogP contribution >= 0.6 is 11.7 Å². The molecular formula is C21H32N4O8S. The van der Waals surface area contributed by atoms with Gasteiger partial charge in [-0.1, -0.05) is 0 Å². The normalized spacial score (nSPS) is 15.1. The van der Waals surface area contributed by atoms with Gasteiger partial charge in [0.1, 0.15) is 12.7 Å². The van der Waals surface area contributed by atoms with Gasteiger partial charge in [-0.3, -0.25) is 0 Å². The lowest BCUT2D eigenvalue weighted by Crippen LogP contribution is -2.44. The van der Waals surface area contributed by atoms with Crippen molar-refractivity contribution in [2.75, 3.05) is 57.6 Å². The van der Waals surface area contributed by atoms with Crippen molar-refractivity contribution in [2.45, 2.75) is 39.3 Å². The van der Waals surface area contributed by atoms with Crippen LogP contribution in [0.2, 0.25) is 0 Å². The molecule has 2 rings (SSSR count). The van der Waals surface area contributed by atoms with Gasteiger partial charge < -0.3 is 33.9 Å². The second kappa shape index (κ2) is 13.8. The summed E-state index contributed by atoms with van der Waals surface area (Å²) in [6.07, 6.45) is 1.14. The molecule has 12 nitrogen and oxygen atoms in total. The van der Waals surface area contributed by atoms with Gasteiger partial charge in [-0.15, -0.1) is 4.37 Å². The number of hydrogen-bond donors (Lipinski definition) is 1. The number of rotatable bonds is 12. The van der Waals surface area contributed by atoms with Gasteiger partial charge in [-0.2, -0.15) is 4.37 Å². The van der Waals surface area contributed by atoms with Gasteiger partial charge in [0.05, 0.1) is 31.5 Å². The zero-order valence-electron chi connectivity index (χ0n) is 19.9. The van der Waals surface area contributed by atoms with Gasteiger partial charge in [0.2, 0.25) is 5.82 Å². The fourth-order valence-electron chi connectivity index (χ4n) is 2.68. The van der Waals surface area contributed by atoms with Crippen molar-refractivity contribution in [3.63, 3.8) is 0 Å². The van der Waals surface area contributed by atoms with E-state index in [1.807, 2.05) is 25.7 Å². The number of aromatic nitrogens is 2. The molecule has 1 aliphatic heterocycles. The van der Waals surface area contributed by atoms with Crippen LogP contribution in [0, 0.1) is 0 Å². The Kier molecular flexibility index (Phi) is 11.2. The summed E-state index contributed by atoms with van der Waals surface area (Å²) >= 11 is 1.04. The minimum atomic E-state index is -0.866. The third-order valence-electron chi connectivity index (χ3n) is 4.29. The van der Waals surface area contributed by atoms with Crippen molar-refractivity contribution in [2.24, 2.45) is 0 Å². The smallest absolute Gasteiger partial charge is 0.344 e. The van der Waals surface area contributed by atoms with E-state index in [0.717, 1.165) is 23.9 Å². The first kappa shape index (κ1) is 27.5. The van der Waals surface area contributed by atoms with E-state index in [2.05, 4.69) is 18.8 Å². The monoisotopic (exact) mass is 500 g/mol. The molecule has 0 unspecified atom stereocenters. The molecule has 190 valence electrons. The van der Waals surface area contributed by atoms with Crippen molar-refractivity contribution < 1.29 is 38.1 Å². The Morgan fingerprint density at radius 3 is 2.53 bits per heavy atom. The van der Waals surface area contributed by atoms with Crippen molar-refractivity contribution >= 4 is 35.5 Å². The number of nitrogens with zero attached hydrogens (tertiary/aromatic N) is 3. The molecule has 1 aliphatic rings. The molecule has 1 aromatic rings. The number of ether oxygens (including phenoxy) is 5. The molecule has 0 bridgehead atoms. The summed E-state index contributed by atoms with van der Waals surface area (Å²) in [6, 6.07) is 0. The van der Waals surface area contributed by atoms with Crippen LogP contribution in [0.5, 0.6) is 5.88 Å². The number of morpholine rings is 1. The minimum Gasteiger partial charge on any atom is -0.470 e. The fourth-order valence-corrected chi connectivity index (χ4v) is 3.20. The van der Waals surface area contributed by atoms with E-state index >= 15 is 0 Å². The maximum atomic E-state index is 12.3. The Balaban J connectivity index is 1.92. The molecule has 2 heterocycles. The third-order valence-corrected chi connectivity index (χ3v) is 4.80. The van der Waals surface area contributed by atoms with Crippen LogP contribution < -0.4 is 15.0 Å². The fraction of sp³-hybridized carbons (Fsp3) is 0.667. The number of carbonyl (C=O) groups is 3. The highest BCUT2D eigenvalue weighted by molar-refractivity contribution is 6.99. The Labute approximate surface area is 202 Å². The minimum absolute atomic E-state index is 0.0265. The molecule has 0 spiro atoms. The second-order valence-corrected chi connectivity index (χ2v) is 8.77. The van der Waals surface area contributed by atoms with E-state index in [9.17, 15) is 14.4 Å². The molecule has 1 fully saturated rings. The zero-order valence-corrected chi connectivity index (χ0v) is 20.7. The van der Waals surface area contributed by atoms with Crippen LogP contribution in [0.25, 0.3) is 0 Å². The van der Waals surface area contributed by atoms with Gasteiger partial charge in [-0.05, 0) is 27.7 Å². The van der Waals surface area contributed by atoms with Crippen LogP contribution in [0.4, 0.5) is 5.82 Å². The molecule has 0 radical (unpaired) electrons. The standard InChI is InChI=1S/C21H32N4O8S/c1-5-30-18(28)14-31-16(26)6-7-17(27)33-15(12-22-21(2,3)4)13-32-20-19(23-34-24-20)25-8-10-29-11-9-25/h6-7,15,22H,5,8-14H2,1-4H3/b7-6-/t15-/m0/s1. The highest BCUT2D eigenvalue weighted by Gasteiger charge is 2.23. The first-order valence-electron chi connectivity index (χ1n) is 10.9. The Hall–Kier alpha value is -2.77. The lowest BCUT2D eigenvalue weighted by molar-refractivity contribution is -0.155. The molecule has 0 aromatic carbocycles. The average Bonchev–Trinajstić information content (AvgIpc) is 3.27. The van der Waals surface area contributed by atoms with Crippen LogP contribution in [0.15, 0.2) is 12.2 Å². The molecule has 1 saturated heterocycles. The Bertz CT molecular complexity index is 833. The molecule has 1 N–H and O–H groups in total. The third kappa shape index (κ3) is 10.4. The number of anilines is 1. The predicted molar refractivity (Wildman–Crippen MR) is 123 cm³/mol. The molecule has 0 saturated carbocycles. The molecule has 0 amide bonds. The van der Waals surface area contributed by atoms with Crippen LogP contribution in [0.1, 0.15) is 27.7 Å². The van der Waals surface area contributed by atoms with E-state index in [4.69, 9.17) is 18.9 Å². The van der Waals surface area contributed by atoms with Crippen molar-refractivity contribution in [1.29, 1.82) is 0 Å². The lowest BCUT2D eigenvalue weighted by Gasteiger charge is -2.27. The highest BCUT2D eigenvalue weighted by atomic mass is 32.1. The number of carbonyl (C=O) groups excluding carboxylic acids is 3. The average molecular weight is 501 g/mol. The molecule has 1 atom stereocenters. The second-order valence-electron chi connectivity index (χ2n) is 8.24. The summed E-state index contributed by atoms with van der Waals surface area (Å²) < 4.78 is 34.5. The van der Waals surface area contributed by atoms with E-state index in [0.29, 0.717) is 44.5 Å². The predicted octanol–water partition coefficient (Wildman–Crippen LogP) is 0.716. The largest absolute Gasteiger partial charge is 0.470 e. The number of nitrogens with one attached hydrogen (secondary N) is 1. The number of esters is 3. The first-order chi connectivity index (χ1) is 16.2. The van der Waals surface area contributed by atoms with Gasteiger partial charge in [-0.25, -0.2) is 14.4 Å². The first-order valence-corrected chi connectivity index (χ1v) is 11.6. The van der Waals surface area contributed by atoms with Crippen LogP contribution in [-0.2, 0) is 33.3 Å². The van der Waals surface area contributed by atoms with Gasteiger partial charge in [0.25, 0.3) is 5.88 Å². The van der Waals surface area contributed by atoms with E-state index in [-0.39, 0.29) is 18.8 Å². The van der Waals surface area contributed by atoms with E-state index in [1.165, 1.54) is 0 Å². The summed E-state index contributed by atoms with van der Waals surface area (Å²) in [4.78, 5) is 37.2. The topological polar surface area (TPSA) is 138 Å². The van der Waals surface area contributed by atoms with Crippen molar-refractivity contribution in [1.82, 2.24) is 14.1 Å². The maximum absolute atomic E-state index is 12.3. The summed E-state index contributed by atoms with van der Waals surface area (Å²) in [5.74, 6) is -1.31. The van der Waals surface area contributed by atoms with Crippen molar-refractivity contribution in [3.05, 3.63) is 12.2 Å². The van der Waals surface area contributed by atoms with Crippen LogP contribution in [0.3, 0.4) is 0 Å². The molecule has 0 aliphatic carbocycles. The van der Waals surface area contributed by atoms with Crippen molar-refractivity contribution in [3.8, 4) is 5.88 Å². The van der Waals surface area contributed by atoms with Crippen LogP contribution in [-0.4, -0.2) is 91.0 Å². The van der Waals surface area contributed by atoms with Gasteiger partial charge >= 0.3 is 17.9 Å². The number of hydrogen-bond acceptors (Lipinski definition) is 13. The quantitative estimate of drug-likeness (QED) is 0.246. The molecule has 13 heteroatoms. The maximum Gasteiger partial charge on any atom is 0.344 e. The van der Waals surface area contributed by atoms with Gasteiger partial charge in [0, 0.05) is 37.3 Å². The molecular weight excluding hydrogens is 468 g/mol. The summed E-state index contributed by atoms with van der Waals surface area (Å²) in [6.45, 7) is 10.1. The van der Waals surface area contributed by atoms with E-state index < -0.39 is 30.6 Å². The Morgan fingerprint density at radius 1 is 1.15 bits per heavy atom. The molecule has 34 heavy (non-hydrogen) atoms. The Morgan fingerprint density at radius 2 is 1.85 bits per heavy atom. The molecule has 1 aromatic heterocycles. The van der Waals surface area contributed by atoms with Gasteiger partial charge in [0.15, 0.2) is 6.61 Å². The zero-order chi connectivity index (χ0) is 25.0. The SMILES string of the molecule is CCOC(=O)COC(=O)/C=C\C(=O)O[C@@H](CNC(C)(C)C)COc1nsnc1N1CCOCC1. The summed E-state index contributed by atoms with van der Waals surface area (Å²) in [5, 5.41) is 3.26.